The fourth-order valence-electron chi connectivity index (χ4n) is 3.73. The lowest BCUT2D eigenvalue weighted by Crippen LogP contribution is -2.25. The van der Waals surface area contributed by atoms with Gasteiger partial charge in [0.25, 0.3) is 0 Å². The summed E-state index contributed by atoms with van der Waals surface area (Å²) < 4.78 is 3.86. The number of nitrogens with zero attached hydrogens (tertiary/aromatic N) is 1. The van der Waals surface area contributed by atoms with E-state index in [4.69, 9.17) is 0 Å². The summed E-state index contributed by atoms with van der Waals surface area (Å²) in [6, 6.07) is 23.3. The molecule has 3 rings (SSSR count). The van der Waals surface area contributed by atoms with Gasteiger partial charge in [-0.1, -0.05) is 72.9 Å². The number of para-hydroxylation sites is 2. The van der Waals surface area contributed by atoms with Gasteiger partial charge in [0, 0.05) is 11.9 Å². The van der Waals surface area contributed by atoms with Crippen LogP contribution >= 0.6 is 0 Å². The third-order valence-corrected chi connectivity index (χ3v) is 7.00. The molecule has 2 nitrogen and oxygen atoms in total. The Morgan fingerprint density at radius 3 is 2.25 bits per heavy atom. The maximum Gasteiger partial charge on any atom is 0.412 e. The van der Waals surface area contributed by atoms with Crippen molar-refractivity contribution in [3.05, 3.63) is 94.5 Å². The lowest BCUT2D eigenvalue weighted by Gasteiger charge is -2.18. The zero-order valence-electron chi connectivity index (χ0n) is 17.4. The normalized spacial score (nSPS) is 11.0. The van der Waals surface area contributed by atoms with Crippen molar-refractivity contribution in [2.45, 2.75) is 38.3 Å². The Bertz CT molecular complexity index is 928. The fraction of sp³-hybridized carbons (Fsp3) is 0.240. The molecule has 0 fully saturated rings. The molecule has 142 valence electrons. The second-order valence-corrected chi connectivity index (χ2v) is 9.95. The topological polar surface area (TPSA) is 24.4 Å². The first kappa shape index (κ1) is 20.4. The largest absolute Gasteiger partial charge is 0.476 e. The molecule has 0 amide bonds. The zero-order valence-corrected chi connectivity index (χ0v) is 18.5. The summed E-state index contributed by atoms with van der Waals surface area (Å²) >= 11 is -1.15. The molecule has 28 heavy (non-hydrogen) atoms. The number of hydrogen-bond donors (Lipinski definition) is 1. The molecule has 1 N–H and O–H groups in total. The fourth-order valence-corrected chi connectivity index (χ4v) is 5.82. The van der Waals surface area contributed by atoms with Crippen LogP contribution in [0, 0.1) is 13.8 Å². The molecule has 0 unspecified atom stereocenters. The molecule has 0 saturated carbocycles. The average Bonchev–Trinajstić information content (AvgIpc) is 2.70. The van der Waals surface area contributed by atoms with Gasteiger partial charge in [-0.25, -0.2) is 0 Å². The highest BCUT2D eigenvalue weighted by Crippen LogP contribution is 2.22. The Hall–Kier alpha value is -2.34. The standard InChI is InChI=1S/C16H16N.C8H10N.CH3.Al/c1-3-16-13(2)8-7-9-14(16)12-17-15-10-5-4-6-11-15;1-6-4-3-5-7(2)8(6)9;;/h4-12H,2-3H2,1H3;3-5,9H,1-2H3;1H3;/q;-1;;+1. The van der Waals surface area contributed by atoms with Crippen molar-refractivity contribution >= 4 is 32.0 Å². The van der Waals surface area contributed by atoms with Crippen LogP contribution < -0.4 is 4.30 Å². The van der Waals surface area contributed by atoms with Gasteiger partial charge in [-0.15, -0.1) is 0 Å². The third-order valence-electron chi connectivity index (χ3n) is 5.17. The van der Waals surface area contributed by atoms with Gasteiger partial charge in [0.1, 0.15) is 0 Å². The van der Waals surface area contributed by atoms with Crippen LogP contribution in [0.15, 0.2) is 71.7 Å². The molecule has 3 heteroatoms. The van der Waals surface area contributed by atoms with Gasteiger partial charge in [0.2, 0.25) is 0 Å². The van der Waals surface area contributed by atoms with Gasteiger partial charge < -0.3 is 4.30 Å². The summed E-state index contributed by atoms with van der Waals surface area (Å²) in [5, 5.41) is 1.13. The van der Waals surface area contributed by atoms with E-state index >= 15 is 0 Å². The Labute approximate surface area is 174 Å². The molecule has 0 aliphatic carbocycles. The van der Waals surface area contributed by atoms with E-state index in [1.807, 2.05) is 36.5 Å². The Morgan fingerprint density at radius 1 is 0.893 bits per heavy atom. The number of hydrogen-bond acceptors (Lipinski definition) is 2. The first-order valence-electron chi connectivity index (χ1n) is 10.1. The van der Waals surface area contributed by atoms with E-state index in [1.54, 1.807) is 0 Å². The van der Waals surface area contributed by atoms with Gasteiger partial charge in [-0.3, -0.25) is 4.99 Å². The van der Waals surface area contributed by atoms with Gasteiger partial charge in [0.15, 0.2) is 0 Å². The summed E-state index contributed by atoms with van der Waals surface area (Å²) in [5.74, 6) is 2.40. The van der Waals surface area contributed by atoms with Crippen molar-refractivity contribution in [2.75, 3.05) is 4.30 Å². The maximum absolute atomic E-state index is 4.67. The molecule has 3 aromatic carbocycles. The second-order valence-electron chi connectivity index (χ2n) is 7.45. The molecule has 0 radical (unpaired) electrons. The molecule has 0 atom stereocenters. The monoisotopic (exact) mass is 384 g/mol. The van der Waals surface area contributed by atoms with E-state index in [0.29, 0.717) is 0 Å². The van der Waals surface area contributed by atoms with Gasteiger partial charge in [-0.2, -0.15) is 0 Å². The molecule has 0 bridgehead atoms. The molecule has 0 saturated heterocycles. The highest BCUT2D eigenvalue weighted by atomic mass is 27.2. The number of benzene rings is 3. The molecule has 0 heterocycles. The highest BCUT2D eigenvalue weighted by Gasteiger charge is 2.17. The lowest BCUT2D eigenvalue weighted by atomic mass is 10.0. The van der Waals surface area contributed by atoms with Crippen molar-refractivity contribution in [3.63, 3.8) is 0 Å². The van der Waals surface area contributed by atoms with Crippen LogP contribution in [0.5, 0.6) is 0 Å². The summed E-state index contributed by atoms with van der Waals surface area (Å²) in [5.41, 5.74) is 9.09. The minimum Gasteiger partial charge on any atom is -0.476 e. The Balaban J connectivity index is 1.79. The minimum absolute atomic E-state index is 0.995. The SMILES string of the molecule is CCc1c(C=Nc2ccccc2)cccc1[CH2][Al]([CH3])[NH]c1c(C)cccc1C. The maximum atomic E-state index is 4.67. The first-order valence-corrected chi connectivity index (χ1v) is 12.7. The zero-order chi connectivity index (χ0) is 19.9. The number of aryl methyl sites for hydroxylation is 2. The van der Waals surface area contributed by atoms with Crippen LogP contribution in [-0.4, -0.2) is 20.6 Å². The van der Waals surface area contributed by atoms with E-state index in [1.165, 1.54) is 33.5 Å². The number of nitrogens with one attached hydrogen (secondary N) is 1. The molecular weight excluding hydrogens is 355 g/mol. The average molecular weight is 385 g/mol. The van der Waals surface area contributed by atoms with Crippen molar-refractivity contribution in [1.29, 1.82) is 0 Å². The summed E-state index contributed by atoms with van der Waals surface area (Å²) in [6.45, 7) is 6.62. The number of aliphatic imine (C=N–C) groups is 1. The molecule has 0 spiro atoms. The first-order chi connectivity index (χ1) is 13.6. The number of rotatable bonds is 7. The number of anilines is 1. The second kappa shape index (κ2) is 9.74. The van der Waals surface area contributed by atoms with Crippen molar-refractivity contribution < 1.29 is 0 Å². The molecule has 3 aromatic rings. The van der Waals surface area contributed by atoms with E-state index in [2.05, 4.69) is 72.2 Å². The quantitative estimate of drug-likeness (QED) is 0.368. The molecule has 0 aromatic heterocycles. The third kappa shape index (κ3) is 5.13. The Morgan fingerprint density at radius 2 is 1.57 bits per heavy atom. The Kier molecular flexibility index (Phi) is 7.09. The van der Waals surface area contributed by atoms with Crippen LogP contribution in [-0.2, 0) is 11.7 Å². The van der Waals surface area contributed by atoms with Gasteiger partial charge >= 0.3 is 14.4 Å². The van der Waals surface area contributed by atoms with Crippen LogP contribution in [0.4, 0.5) is 11.4 Å². The highest BCUT2D eigenvalue weighted by molar-refractivity contribution is 6.60. The van der Waals surface area contributed by atoms with Crippen molar-refractivity contribution in [3.8, 4) is 0 Å². The summed E-state index contributed by atoms with van der Waals surface area (Å²) in [6.07, 6.45) is 3.04. The van der Waals surface area contributed by atoms with Crippen molar-refractivity contribution in [1.82, 2.24) is 0 Å². The summed E-state index contributed by atoms with van der Waals surface area (Å²) in [7, 11) is 0. The minimum atomic E-state index is -1.15. The molecule has 0 aliphatic heterocycles. The van der Waals surface area contributed by atoms with E-state index in [9.17, 15) is 0 Å². The van der Waals surface area contributed by atoms with Gasteiger partial charge in [0.05, 0.1) is 5.69 Å². The summed E-state index contributed by atoms with van der Waals surface area (Å²) in [4.78, 5) is 4.67. The smallest absolute Gasteiger partial charge is 0.412 e. The molecule has 0 aliphatic rings. The van der Waals surface area contributed by atoms with Crippen LogP contribution in [0.1, 0.15) is 34.7 Å². The predicted molar refractivity (Wildman–Crippen MR) is 124 cm³/mol. The van der Waals surface area contributed by atoms with Crippen LogP contribution in [0.2, 0.25) is 5.79 Å². The predicted octanol–water partition coefficient (Wildman–Crippen LogP) is 6.43. The van der Waals surface area contributed by atoms with E-state index in [-0.39, 0.29) is 0 Å². The van der Waals surface area contributed by atoms with Crippen molar-refractivity contribution in [2.24, 2.45) is 4.99 Å². The van der Waals surface area contributed by atoms with E-state index in [0.717, 1.165) is 17.4 Å². The van der Waals surface area contributed by atoms with E-state index < -0.39 is 14.4 Å². The van der Waals surface area contributed by atoms with Crippen LogP contribution in [0.25, 0.3) is 0 Å². The lowest BCUT2D eigenvalue weighted by molar-refractivity contribution is 1.09. The van der Waals surface area contributed by atoms with Gasteiger partial charge in [-0.05, 0) is 59.9 Å². The van der Waals surface area contributed by atoms with Crippen LogP contribution in [0.3, 0.4) is 0 Å². The molecular formula is C25H29AlN2.